The molecule has 0 radical (unpaired) electrons. The van der Waals surface area contributed by atoms with Crippen molar-refractivity contribution < 1.29 is 20.1 Å². The summed E-state index contributed by atoms with van der Waals surface area (Å²) in [6.45, 7) is 6.08. The predicted molar refractivity (Wildman–Crippen MR) is 104 cm³/mol. The Morgan fingerprint density at radius 2 is 1.96 bits per heavy atom. The molecule has 0 saturated heterocycles. The molecule has 0 aromatic rings. The summed E-state index contributed by atoms with van der Waals surface area (Å²) < 4.78 is 0. The Morgan fingerprint density at radius 1 is 1.23 bits per heavy atom. The van der Waals surface area contributed by atoms with Gasteiger partial charge < -0.3 is 15.3 Å². The highest BCUT2D eigenvalue weighted by atomic mass is 16.5. The Kier molecular flexibility index (Phi) is 9.64. The second-order valence-electron chi connectivity index (χ2n) is 7.43. The number of allylic oxidation sites excluding steroid dienone is 4. The minimum absolute atomic E-state index is 0.349. The van der Waals surface area contributed by atoms with Crippen molar-refractivity contribution in [2.75, 3.05) is 0 Å². The minimum Gasteiger partial charge on any atom is -0.477 e. The molecule has 0 unspecified atom stereocenters. The van der Waals surface area contributed by atoms with Gasteiger partial charge in [0.25, 0.3) is 5.79 Å². The van der Waals surface area contributed by atoms with Gasteiger partial charge in [-0.25, -0.2) is 4.79 Å². The van der Waals surface area contributed by atoms with Crippen LogP contribution in [-0.4, -0.2) is 27.1 Å². The number of unbranched alkanes of at least 4 members (excludes halogenated alkanes) is 4. The number of carboxylic acids is 1. The van der Waals surface area contributed by atoms with Crippen LogP contribution in [0.25, 0.3) is 0 Å². The second kappa shape index (κ2) is 11.2. The summed E-state index contributed by atoms with van der Waals surface area (Å²) in [5.41, 5.74) is 3.52. The largest absolute Gasteiger partial charge is 0.477 e. The molecule has 1 aliphatic rings. The third kappa shape index (κ3) is 7.74. The standard InChI is InChI=1S/C22H34O4/c1-4-5-6-7-8-9-12-19-15-14-18(3)20(19)13-10-11-17(2)16-22(25,26)21(23)24/h9-10,12,14-15,18-20,25-26H,4-8,13,16H2,1-3H3,(H,23,24)/t11?,18-,19-,20+/m0/s1. The highest BCUT2D eigenvalue weighted by Crippen LogP contribution is 2.34. The van der Waals surface area contributed by atoms with Gasteiger partial charge in [-0.15, -0.1) is 5.73 Å². The van der Waals surface area contributed by atoms with E-state index >= 15 is 0 Å². The molecule has 0 saturated carbocycles. The van der Waals surface area contributed by atoms with Crippen LogP contribution >= 0.6 is 0 Å². The van der Waals surface area contributed by atoms with Gasteiger partial charge >= 0.3 is 5.97 Å². The van der Waals surface area contributed by atoms with Crippen molar-refractivity contribution in [1.82, 2.24) is 0 Å². The van der Waals surface area contributed by atoms with E-state index in [1.165, 1.54) is 25.7 Å². The van der Waals surface area contributed by atoms with Crippen LogP contribution < -0.4 is 0 Å². The van der Waals surface area contributed by atoms with Gasteiger partial charge in [0, 0.05) is 6.42 Å². The van der Waals surface area contributed by atoms with E-state index in [0.29, 0.717) is 23.3 Å². The molecule has 0 spiro atoms. The third-order valence-corrected chi connectivity index (χ3v) is 4.98. The van der Waals surface area contributed by atoms with Crippen molar-refractivity contribution in [1.29, 1.82) is 0 Å². The Balaban J connectivity index is 2.56. The Labute approximate surface area is 157 Å². The van der Waals surface area contributed by atoms with Crippen molar-refractivity contribution in [2.45, 2.75) is 71.5 Å². The molecule has 1 aliphatic carbocycles. The van der Waals surface area contributed by atoms with Gasteiger partial charge in [-0.1, -0.05) is 57.4 Å². The van der Waals surface area contributed by atoms with Gasteiger partial charge in [0.15, 0.2) is 0 Å². The first kappa shape index (κ1) is 22.4. The van der Waals surface area contributed by atoms with Crippen molar-refractivity contribution in [3.05, 3.63) is 41.7 Å². The monoisotopic (exact) mass is 362 g/mol. The molecule has 0 aromatic carbocycles. The summed E-state index contributed by atoms with van der Waals surface area (Å²) in [4.78, 5) is 10.7. The average molecular weight is 363 g/mol. The molecular formula is C22H34O4. The van der Waals surface area contributed by atoms with E-state index in [4.69, 9.17) is 5.11 Å². The lowest BCUT2D eigenvalue weighted by atomic mass is 9.86. The fourth-order valence-corrected chi connectivity index (χ4v) is 3.33. The summed E-state index contributed by atoms with van der Waals surface area (Å²) in [6, 6.07) is 0. The topological polar surface area (TPSA) is 77.8 Å². The molecule has 0 amide bonds. The molecular weight excluding hydrogens is 328 g/mol. The lowest BCUT2D eigenvalue weighted by Crippen LogP contribution is -2.38. The summed E-state index contributed by atoms with van der Waals surface area (Å²) in [6.07, 6.45) is 17.7. The fraction of sp³-hybridized carbons (Fsp3) is 0.636. The van der Waals surface area contributed by atoms with Crippen LogP contribution in [0.3, 0.4) is 0 Å². The maximum absolute atomic E-state index is 10.7. The Bertz CT molecular complexity index is 565. The molecule has 1 rings (SSSR count). The first-order chi connectivity index (χ1) is 12.3. The van der Waals surface area contributed by atoms with Crippen LogP contribution in [0.2, 0.25) is 0 Å². The van der Waals surface area contributed by atoms with E-state index < -0.39 is 11.8 Å². The number of carbonyl (C=O) groups is 1. The summed E-state index contributed by atoms with van der Waals surface area (Å²) in [5.74, 6) is -3.00. The number of aliphatic carboxylic acids is 1. The van der Waals surface area contributed by atoms with Crippen molar-refractivity contribution in [2.24, 2.45) is 17.8 Å². The van der Waals surface area contributed by atoms with E-state index in [1.54, 1.807) is 6.92 Å². The van der Waals surface area contributed by atoms with Crippen LogP contribution in [0, 0.1) is 17.8 Å². The van der Waals surface area contributed by atoms with Crippen LogP contribution in [0.1, 0.15) is 65.7 Å². The lowest BCUT2D eigenvalue weighted by molar-refractivity contribution is -0.202. The number of hydrogen-bond acceptors (Lipinski definition) is 3. The zero-order valence-corrected chi connectivity index (χ0v) is 16.3. The number of carboxylic acid groups (broad SMARTS) is 1. The predicted octanol–water partition coefficient (Wildman–Crippen LogP) is 4.60. The number of aliphatic hydroxyl groups is 2. The molecule has 0 bridgehead atoms. The van der Waals surface area contributed by atoms with Gasteiger partial charge in [-0.05, 0) is 55.6 Å². The Hall–Kier alpha value is -1.61. The van der Waals surface area contributed by atoms with Gasteiger partial charge in [0.2, 0.25) is 0 Å². The van der Waals surface area contributed by atoms with E-state index in [2.05, 4.69) is 43.9 Å². The highest BCUT2D eigenvalue weighted by molar-refractivity contribution is 5.75. The molecule has 0 aliphatic heterocycles. The molecule has 0 heterocycles. The summed E-state index contributed by atoms with van der Waals surface area (Å²) in [7, 11) is 0. The van der Waals surface area contributed by atoms with E-state index in [9.17, 15) is 15.0 Å². The van der Waals surface area contributed by atoms with Crippen LogP contribution in [0.15, 0.2) is 41.7 Å². The zero-order valence-electron chi connectivity index (χ0n) is 16.3. The van der Waals surface area contributed by atoms with Crippen LogP contribution in [-0.2, 0) is 4.79 Å². The van der Waals surface area contributed by atoms with E-state index in [1.807, 2.05) is 6.08 Å². The third-order valence-electron chi connectivity index (χ3n) is 4.98. The van der Waals surface area contributed by atoms with Crippen molar-refractivity contribution in [3.63, 3.8) is 0 Å². The molecule has 3 atom stereocenters. The average Bonchev–Trinajstić information content (AvgIpc) is 2.90. The van der Waals surface area contributed by atoms with E-state index in [0.717, 1.165) is 12.8 Å². The van der Waals surface area contributed by atoms with Crippen molar-refractivity contribution >= 4 is 5.97 Å². The van der Waals surface area contributed by atoms with E-state index in [-0.39, 0.29) is 6.42 Å². The fourth-order valence-electron chi connectivity index (χ4n) is 3.33. The molecule has 4 nitrogen and oxygen atoms in total. The first-order valence-corrected chi connectivity index (χ1v) is 9.71. The van der Waals surface area contributed by atoms with Crippen molar-refractivity contribution in [3.8, 4) is 0 Å². The first-order valence-electron chi connectivity index (χ1n) is 9.71. The summed E-state index contributed by atoms with van der Waals surface area (Å²) in [5, 5.41) is 27.5. The van der Waals surface area contributed by atoms with Crippen LogP contribution in [0.4, 0.5) is 0 Å². The smallest absolute Gasteiger partial charge is 0.364 e. The molecule has 0 fully saturated rings. The molecule has 3 N–H and O–H groups in total. The maximum atomic E-state index is 10.7. The number of rotatable bonds is 11. The van der Waals surface area contributed by atoms with Gasteiger partial charge in [-0.3, -0.25) is 0 Å². The minimum atomic E-state index is -2.73. The van der Waals surface area contributed by atoms with Gasteiger partial charge in [0.1, 0.15) is 0 Å². The zero-order chi connectivity index (χ0) is 19.6. The quantitative estimate of drug-likeness (QED) is 0.217. The van der Waals surface area contributed by atoms with Gasteiger partial charge in [-0.2, -0.15) is 0 Å². The lowest BCUT2D eigenvalue weighted by Gasteiger charge is -2.19. The maximum Gasteiger partial charge on any atom is 0.364 e. The van der Waals surface area contributed by atoms with Crippen LogP contribution in [0.5, 0.6) is 0 Å². The molecule has 4 heteroatoms. The summed E-state index contributed by atoms with van der Waals surface area (Å²) >= 11 is 0. The Morgan fingerprint density at radius 3 is 2.62 bits per heavy atom. The molecule has 26 heavy (non-hydrogen) atoms. The number of hydrogen-bond donors (Lipinski definition) is 3. The van der Waals surface area contributed by atoms with Gasteiger partial charge in [0.05, 0.1) is 0 Å². The highest BCUT2D eigenvalue weighted by Gasteiger charge is 2.33. The molecule has 0 aromatic heterocycles. The normalized spacial score (nSPS) is 22.6. The SMILES string of the molecule is CCCCCCC=C[C@H]1C=C[C@H](C)[C@H]1CC=C=C(C)CC(O)(O)C(=O)O. The molecule has 146 valence electrons. The second-order valence-corrected chi connectivity index (χ2v) is 7.43.